The van der Waals surface area contributed by atoms with Gasteiger partial charge in [-0.2, -0.15) is 0 Å². The fourth-order valence-electron chi connectivity index (χ4n) is 2.57. The van der Waals surface area contributed by atoms with E-state index in [4.69, 9.17) is 0 Å². The second-order valence-electron chi connectivity index (χ2n) is 6.03. The van der Waals surface area contributed by atoms with Crippen LogP contribution in [0.15, 0.2) is 97.1 Å². The lowest BCUT2D eigenvalue weighted by molar-refractivity contribution is 0.627. The molecule has 0 amide bonds. The Hall–Kier alpha value is -2.70. The summed E-state index contributed by atoms with van der Waals surface area (Å²) in [5.74, 6) is -1.07. The molecule has 0 aliphatic heterocycles. The molecule has 0 N–H and O–H groups in total. The zero-order chi connectivity index (χ0) is 21.9. The fourth-order valence-corrected chi connectivity index (χ4v) is 2.57. The first-order valence-corrected chi connectivity index (χ1v) is 10.3. The van der Waals surface area contributed by atoms with Crippen LogP contribution in [0.4, 0.5) is 17.6 Å². The lowest BCUT2D eigenvalue weighted by Gasteiger charge is -2.00. The predicted octanol–water partition coefficient (Wildman–Crippen LogP) is 8.02. The van der Waals surface area contributed by atoms with Crippen LogP contribution in [0.25, 0.3) is 22.3 Å². The Balaban J connectivity index is 0.000000197. The summed E-state index contributed by atoms with van der Waals surface area (Å²) >= 11 is 6.44. The summed E-state index contributed by atoms with van der Waals surface area (Å²) < 4.78 is 50.4. The predicted molar refractivity (Wildman–Crippen MR) is 122 cm³/mol. The number of benzene rings is 4. The average molecular weight is 447 g/mol. The SMILES string of the molecule is Fc1ccc(-c2ccc(F)cc2)cc1.Fc1ccc(-c2ccc(F)cc2)cc1.SS. The second-order valence-corrected chi connectivity index (χ2v) is 6.03. The van der Waals surface area contributed by atoms with E-state index in [1.165, 1.54) is 48.5 Å². The number of hydrogen-bond acceptors (Lipinski definition) is 2. The third kappa shape index (κ3) is 7.28. The molecule has 0 saturated carbocycles. The molecule has 0 saturated heterocycles. The zero-order valence-corrected chi connectivity index (χ0v) is 17.4. The summed E-state index contributed by atoms with van der Waals surface area (Å²) in [5, 5.41) is 0. The Bertz CT molecular complexity index is 841. The van der Waals surface area contributed by atoms with Crippen LogP contribution in [0.5, 0.6) is 0 Å². The van der Waals surface area contributed by atoms with E-state index < -0.39 is 0 Å². The van der Waals surface area contributed by atoms with Crippen LogP contribution in [0.1, 0.15) is 0 Å². The smallest absolute Gasteiger partial charge is 0.123 e. The third-order valence-electron chi connectivity index (χ3n) is 4.04. The number of halogens is 4. The molecule has 6 heteroatoms. The Morgan fingerprint density at radius 3 is 0.567 bits per heavy atom. The van der Waals surface area contributed by atoms with E-state index in [-0.39, 0.29) is 23.3 Å². The van der Waals surface area contributed by atoms with Crippen LogP contribution < -0.4 is 0 Å². The third-order valence-corrected chi connectivity index (χ3v) is 4.04. The van der Waals surface area contributed by atoms with Crippen molar-refractivity contribution in [3.05, 3.63) is 120 Å². The highest BCUT2D eigenvalue weighted by Gasteiger charge is 1.98. The first-order valence-electron chi connectivity index (χ1n) is 8.74. The molecule has 0 aliphatic rings. The van der Waals surface area contributed by atoms with Gasteiger partial charge in [-0.25, -0.2) is 17.6 Å². The van der Waals surface area contributed by atoms with Crippen molar-refractivity contribution in [2.45, 2.75) is 0 Å². The van der Waals surface area contributed by atoms with Crippen molar-refractivity contribution in [2.24, 2.45) is 0 Å². The van der Waals surface area contributed by atoms with E-state index >= 15 is 0 Å². The van der Waals surface area contributed by atoms with Gasteiger partial charge < -0.3 is 0 Å². The molecule has 0 unspecified atom stereocenters. The molecule has 4 rings (SSSR count). The van der Waals surface area contributed by atoms with E-state index in [1.54, 1.807) is 48.5 Å². The summed E-state index contributed by atoms with van der Waals surface area (Å²) in [7, 11) is 0. The maximum absolute atomic E-state index is 12.6. The molecule has 0 atom stereocenters. The summed E-state index contributed by atoms with van der Waals surface area (Å²) in [6.07, 6.45) is 0. The molecule has 0 aliphatic carbocycles. The Morgan fingerprint density at radius 1 is 0.300 bits per heavy atom. The van der Waals surface area contributed by atoms with Gasteiger partial charge >= 0.3 is 0 Å². The molecule has 4 aromatic carbocycles. The standard InChI is InChI=1S/2C12H8F2.H2S2/c2*13-11-5-1-9(2-6-11)10-3-7-12(14)8-4-10;1-2/h2*1-8H;1-2H. The highest BCUT2D eigenvalue weighted by molar-refractivity contribution is 8.59. The maximum atomic E-state index is 12.6. The molecule has 0 aromatic heterocycles. The Kier molecular flexibility index (Phi) is 9.51. The number of rotatable bonds is 2. The van der Waals surface area contributed by atoms with Gasteiger partial charge in [-0.3, -0.25) is 0 Å². The van der Waals surface area contributed by atoms with Crippen LogP contribution >= 0.6 is 23.3 Å². The van der Waals surface area contributed by atoms with Crippen molar-refractivity contribution >= 4 is 23.3 Å². The largest absolute Gasteiger partial charge is 0.207 e. The minimum atomic E-state index is -0.268. The van der Waals surface area contributed by atoms with Gasteiger partial charge in [-0.15, -0.1) is 23.3 Å². The van der Waals surface area contributed by atoms with Crippen molar-refractivity contribution in [1.82, 2.24) is 0 Å². The summed E-state index contributed by atoms with van der Waals surface area (Å²) in [6.45, 7) is 0. The van der Waals surface area contributed by atoms with E-state index in [0.29, 0.717) is 0 Å². The lowest BCUT2D eigenvalue weighted by Crippen LogP contribution is -1.79. The van der Waals surface area contributed by atoms with Crippen molar-refractivity contribution < 1.29 is 17.6 Å². The van der Waals surface area contributed by atoms with E-state index in [9.17, 15) is 17.6 Å². The Labute approximate surface area is 183 Å². The summed E-state index contributed by atoms with van der Waals surface area (Å²) in [4.78, 5) is 0. The van der Waals surface area contributed by atoms with Gasteiger partial charge in [0.25, 0.3) is 0 Å². The van der Waals surface area contributed by atoms with Gasteiger partial charge in [0.15, 0.2) is 0 Å². The minimum absolute atomic E-state index is 0.268. The monoisotopic (exact) mass is 446 g/mol. The highest BCUT2D eigenvalue weighted by atomic mass is 33.1. The fraction of sp³-hybridized carbons (Fsp3) is 0. The van der Waals surface area contributed by atoms with Gasteiger partial charge in [-0.1, -0.05) is 48.5 Å². The second kappa shape index (κ2) is 12.1. The van der Waals surface area contributed by atoms with Crippen LogP contribution in [-0.2, 0) is 0 Å². The van der Waals surface area contributed by atoms with Crippen LogP contribution in [0, 0.1) is 23.3 Å². The van der Waals surface area contributed by atoms with Gasteiger partial charge in [0.05, 0.1) is 0 Å². The first kappa shape index (κ1) is 23.6. The molecule has 0 spiro atoms. The van der Waals surface area contributed by atoms with E-state index in [2.05, 4.69) is 23.3 Å². The minimum Gasteiger partial charge on any atom is -0.207 e. The number of thiol groups is 2. The van der Waals surface area contributed by atoms with Gasteiger partial charge in [0.1, 0.15) is 23.3 Å². The molecule has 0 fully saturated rings. The molecule has 0 radical (unpaired) electrons. The first-order chi connectivity index (χ1) is 14.5. The van der Waals surface area contributed by atoms with Crippen molar-refractivity contribution in [3.63, 3.8) is 0 Å². The average Bonchev–Trinajstić information content (AvgIpc) is 2.78. The van der Waals surface area contributed by atoms with Crippen molar-refractivity contribution in [2.75, 3.05) is 0 Å². The molecule has 154 valence electrons. The molecular weight excluding hydrogens is 428 g/mol. The van der Waals surface area contributed by atoms with Gasteiger partial charge in [0.2, 0.25) is 0 Å². The maximum Gasteiger partial charge on any atom is 0.123 e. The molecule has 0 heterocycles. The van der Waals surface area contributed by atoms with E-state index in [1.807, 2.05) is 0 Å². The zero-order valence-electron chi connectivity index (χ0n) is 15.6. The van der Waals surface area contributed by atoms with Crippen molar-refractivity contribution in [1.29, 1.82) is 0 Å². The van der Waals surface area contributed by atoms with Crippen LogP contribution in [-0.4, -0.2) is 0 Å². The van der Waals surface area contributed by atoms with Gasteiger partial charge in [-0.05, 0) is 70.8 Å². The molecule has 0 nitrogen and oxygen atoms in total. The van der Waals surface area contributed by atoms with Crippen LogP contribution in [0.3, 0.4) is 0 Å². The quantitative estimate of drug-likeness (QED) is 0.174. The lowest BCUT2D eigenvalue weighted by atomic mass is 10.1. The molecule has 30 heavy (non-hydrogen) atoms. The molecule has 4 aromatic rings. The normalized spacial score (nSPS) is 9.67. The van der Waals surface area contributed by atoms with E-state index in [0.717, 1.165) is 22.3 Å². The topological polar surface area (TPSA) is 0 Å². The van der Waals surface area contributed by atoms with Gasteiger partial charge in [0, 0.05) is 0 Å². The molecular formula is C24H18F4S2. The number of hydrogen-bond donors (Lipinski definition) is 2. The van der Waals surface area contributed by atoms with Crippen LogP contribution in [0.2, 0.25) is 0 Å². The molecule has 0 bridgehead atoms. The highest BCUT2D eigenvalue weighted by Crippen LogP contribution is 2.20. The Morgan fingerprint density at radius 2 is 0.433 bits per heavy atom. The summed E-state index contributed by atoms with van der Waals surface area (Å²) in [5.41, 5.74) is 3.52. The summed E-state index contributed by atoms with van der Waals surface area (Å²) in [6, 6.07) is 24.5. The van der Waals surface area contributed by atoms with Crippen molar-refractivity contribution in [3.8, 4) is 22.3 Å².